The van der Waals surface area contributed by atoms with E-state index in [9.17, 15) is 18.3 Å². The molecule has 0 aliphatic heterocycles. The van der Waals surface area contributed by atoms with E-state index in [0.29, 0.717) is 17.4 Å². The fourth-order valence-corrected chi connectivity index (χ4v) is 5.63. The van der Waals surface area contributed by atoms with Gasteiger partial charge >= 0.3 is 6.18 Å². The average molecular weight is 521 g/mol. The summed E-state index contributed by atoms with van der Waals surface area (Å²) in [6, 6.07) is 5.24. The highest BCUT2D eigenvalue weighted by Crippen LogP contribution is 2.43. The van der Waals surface area contributed by atoms with E-state index < -0.39 is 11.8 Å². The molecule has 5 nitrogen and oxygen atoms in total. The molecule has 2 aromatic rings. The van der Waals surface area contributed by atoms with Gasteiger partial charge in [-0.05, 0) is 75.0 Å². The molecular formula is C27H32ClF3N4O. The minimum atomic E-state index is -4.76. The third kappa shape index (κ3) is 5.75. The lowest BCUT2D eigenvalue weighted by molar-refractivity contribution is -0.269. The van der Waals surface area contributed by atoms with Crippen LogP contribution in [-0.4, -0.2) is 27.0 Å². The zero-order chi connectivity index (χ0) is 25.8. The van der Waals surface area contributed by atoms with Gasteiger partial charge in [0, 0.05) is 16.5 Å². The quantitative estimate of drug-likeness (QED) is 0.178. The summed E-state index contributed by atoms with van der Waals surface area (Å²) in [7, 11) is 0. The van der Waals surface area contributed by atoms with E-state index in [4.69, 9.17) is 17.4 Å². The number of aliphatic hydroxyl groups is 1. The van der Waals surface area contributed by atoms with Crippen LogP contribution in [0.15, 0.2) is 41.8 Å². The van der Waals surface area contributed by atoms with Gasteiger partial charge in [-0.25, -0.2) is 9.97 Å². The van der Waals surface area contributed by atoms with Gasteiger partial charge in [0.1, 0.15) is 6.33 Å². The number of fused-ring (bicyclic) bond motifs is 1. The highest BCUT2D eigenvalue weighted by atomic mass is 35.5. The molecule has 0 amide bonds. The van der Waals surface area contributed by atoms with Gasteiger partial charge < -0.3 is 10.9 Å². The summed E-state index contributed by atoms with van der Waals surface area (Å²) in [5.74, 6) is 6.46. The van der Waals surface area contributed by atoms with Crippen LogP contribution < -0.4 is 5.84 Å². The molecule has 1 fully saturated rings. The molecule has 4 rings (SSSR count). The molecule has 1 unspecified atom stereocenters. The summed E-state index contributed by atoms with van der Waals surface area (Å²) in [6.45, 7) is 0. The maximum Gasteiger partial charge on any atom is 0.421 e. The van der Waals surface area contributed by atoms with Gasteiger partial charge in [0.15, 0.2) is 5.60 Å². The third-order valence-corrected chi connectivity index (χ3v) is 7.86. The summed E-state index contributed by atoms with van der Waals surface area (Å²) in [4.78, 5) is 8.89. The molecule has 0 bridgehead atoms. The van der Waals surface area contributed by atoms with Gasteiger partial charge in [0.05, 0.1) is 17.1 Å². The van der Waals surface area contributed by atoms with Crippen LogP contribution in [0.25, 0.3) is 6.08 Å². The largest absolute Gasteiger partial charge is 0.421 e. The van der Waals surface area contributed by atoms with Crippen LogP contribution in [0.2, 0.25) is 5.02 Å². The number of hydrogen-bond donors (Lipinski definition) is 2. The molecule has 36 heavy (non-hydrogen) atoms. The second-order valence-electron chi connectivity index (χ2n) is 9.87. The number of unbranched alkanes of at least 4 members (excludes halogenated alkanes) is 1. The molecule has 2 aliphatic rings. The average Bonchev–Trinajstić information content (AvgIpc) is 2.87. The molecule has 1 aromatic carbocycles. The third-order valence-electron chi connectivity index (χ3n) is 7.61. The Morgan fingerprint density at radius 2 is 1.81 bits per heavy atom. The molecule has 0 spiro atoms. The maximum atomic E-state index is 13.8. The van der Waals surface area contributed by atoms with Crippen LogP contribution in [0.1, 0.15) is 80.3 Å². The predicted molar refractivity (Wildman–Crippen MR) is 135 cm³/mol. The molecule has 1 aromatic heterocycles. The molecule has 1 heterocycles. The van der Waals surface area contributed by atoms with Crippen molar-refractivity contribution in [3.63, 3.8) is 0 Å². The van der Waals surface area contributed by atoms with E-state index in [1.54, 1.807) is 6.33 Å². The number of aryl methyl sites for hydroxylation is 1. The fourth-order valence-electron chi connectivity index (χ4n) is 5.51. The lowest BCUT2D eigenvalue weighted by atomic mass is 9.76. The van der Waals surface area contributed by atoms with Crippen molar-refractivity contribution < 1.29 is 18.3 Å². The van der Waals surface area contributed by atoms with Gasteiger partial charge in [-0.2, -0.15) is 18.3 Å². The smallest absolute Gasteiger partial charge is 0.376 e. The monoisotopic (exact) mass is 520 g/mol. The first kappa shape index (κ1) is 26.6. The lowest BCUT2D eigenvalue weighted by Gasteiger charge is -2.32. The van der Waals surface area contributed by atoms with Crippen LogP contribution in [0, 0.1) is 11.8 Å². The maximum absolute atomic E-state index is 13.8. The number of alkyl halides is 3. The summed E-state index contributed by atoms with van der Waals surface area (Å²) in [6.07, 6.45) is 7.98. The normalized spacial score (nSPS) is 22.2. The van der Waals surface area contributed by atoms with E-state index >= 15 is 0 Å². The van der Waals surface area contributed by atoms with Crippen molar-refractivity contribution in [2.45, 2.75) is 76.0 Å². The summed E-state index contributed by atoms with van der Waals surface area (Å²) in [5.41, 5.74) is 0.623. The standard InChI is InChI=1S/C27H32ClF3N4O/c28-21-14-12-20(13-15-21)26(36,27(29,30)31)16-4-3-5-18-8-10-19(11-9-18)24(35-32)25-22-6-1-2-7-23(22)33-17-34-25/h1,6,12-15,17-19,36H,2-5,7-11,16,32H2. The van der Waals surface area contributed by atoms with Gasteiger partial charge in [-0.15, -0.1) is 0 Å². The first-order valence-electron chi connectivity index (χ1n) is 12.6. The van der Waals surface area contributed by atoms with E-state index in [2.05, 4.69) is 27.2 Å². The molecule has 3 N–H and O–H groups in total. The molecule has 9 heteroatoms. The Kier molecular flexibility index (Phi) is 8.35. The number of rotatable bonds is 8. The Hall–Kier alpha value is -2.45. The zero-order valence-electron chi connectivity index (χ0n) is 20.1. The number of hydrogen-bond acceptors (Lipinski definition) is 5. The summed E-state index contributed by atoms with van der Waals surface area (Å²) >= 11 is 5.81. The molecular weight excluding hydrogens is 489 g/mol. The van der Waals surface area contributed by atoms with Crippen molar-refractivity contribution in [1.29, 1.82) is 0 Å². The van der Waals surface area contributed by atoms with E-state index in [0.717, 1.165) is 67.6 Å². The Morgan fingerprint density at radius 1 is 1.08 bits per heavy atom. The van der Waals surface area contributed by atoms with Crippen molar-refractivity contribution in [3.05, 3.63) is 64.2 Å². The van der Waals surface area contributed by atoms with Gasteiger partial charge in [-0.3, -0.25) is 0 Å². The summed E-state index contributed by atoms with van der Waals surface area (Å²) in [5, 5.41) is 15.0. The molecule has 0 saturated heterocycles. The molecule has 0 radical (unpaired) electrons. The first-order valence-corrected chi connectivity index (χ1v) is 12.9. The highest BCUT2D eigenvalue weighted by molar-refractivity contribution is 6.30. The Balaban J connectivity index is 1.30. The Bertz CT molecular complexity index is 1100. The second kappa shape index (κ2) is 11.3. The Morgan fingerprint density at radius 3 is 2.47 bits per heavy atom. The second-order valence-corrected chi connectivity index (χ2v) is 10.3. The topological polar surface area (TPSA) is 84.4 Å². The van der Waals surface area contributed by atoms with Crippen molar-refractivity contribution in [3.8, 4) is 0 Å². The number of nitrogens with two attached hydrogens (primary N) is 1. The lowest BCUT2D eigenvalue weighted by Crippen LogP contribution is -2.42. The van der Waals surface area contributed by atoms with E-state index in [-0.39, 0.29) is 24.3 Å². The first-order chi connectivity index (χ1) is 17.2. The van der Waals surface area contributed by atoms with Crippen LogP contribution >= 0.6 is 11.6 Å². The minimum Gasteiger partial charge on any atom is -0.376 e. The van der Waals surface area contributed by atoms with Crippen molar-refractivity contribution in [2.75, 3.05) is 0 Å². The minimum absolute atomic E-state index is 0.171. The zero-order valence-corrected chi connectivity index (χ0v) is 20.9. The van der Waals surface area contributed by atoms with E-state index in [1.807, 2.05) is 0 Å². The van der Waals surface area contributed by atoms with Crippen molar-refractivity contribution >= 4 is 23.4 Å². The highest BCUT2D eigenvalue weighted by Gasteiger charge is 2.54. The number of nitrogens with zero attached hydrogens (tertiary/aromatic N) is 3. The number of aromatic nitrogens is 2. The molecule has 1 saturated carbocycles. The summed E-state index contributed by atoms with van der Waals surface area (Å²) < 4.78 is 41.3. The van der Waals surface area contributed by atoms with Crippen molar-refractivity contribution in [2.24, 2.45) is 22.8 Å². The van der Waals surface area contributed by atoms with Crippen LogP contribution in [0.4, 0.5) is 13.2 Å². The molecule has 2 aliphatic carbocycles. The number of allylic oxidation sites excluding steroid dienone is 1. The molecule has 1 atom stereocenters. The number of halogens is 4. The predicted octanol–water partition coefficient (Wildman–Crippen LogP) is 6.57. The Labute approximate surface area is 214 Å². The fraction of sp³-hybridized carbons (Fsp3) is 0.519. The molecule has 194 valence electrons. The van der Waals surface area contributed by atoms with Crippen molar-refractivity contribution in [1.82, 2.24) is 9.97 Å². The van der Waals surface area contributed by atoms with Crippen LogP contribution in [0.3, 0.4) is 0 Å². The van der Waals surface area contributed by atoms with E-state index in [1.165, 1.54) is 24.3 Å². The number of hydrazone groups is 1. The van der Waals surface area contributed by atoms with Gasteiger partial charge in [-0.1, -0.05) is 48.7 Å². The van der Waals surface area contributed by atoms with Crippen LogP contribution in [0.5, 0.6) is 0 Å². The number of benzene rings is 1. The van der Waals surface area contributed by atoms with Gasteiger partial charge in [0.2, 0.25) is 0 Å². The SMILES string of the molecule is NN=C(c1ncnc2c1C=CCC2)C1CCC(CCCCC(O)(c2ccc(Cl)cc2)C(F)(F)F)CC1. The van der Waals surface area contributed by atoms with Crippen LogP contribution in [-0.2, 0) is 12.0 Å². The van der Waals surface area contributed by atoms with Gasteiger partial charge in [0.25, 0.3) is 0 Å².